The number of aliphatic hydroxyl groups is 1. The maximum atomic E-state index is 14.4. The molecule has 9 heteroatoms. The van der Waals surface area contributed by atoms with Crippen molar-refractivity contribution in [3.63, 3.8) is 0 Å². The van der Waals surface area contributed by atoms with Gasteiger partial charge in [-0.25, -0.2) is 0 Å². The van der Waals surface area contributed by atoms with Crippen LogP contribution in [0.3, 0.4) is 0 Å². The van der Waals surface area contributed by atoms with Crippen molar-refractivity contribution < 1.29 is 33.3 Å². The largest absolute Gasteiger partial charge is 0.410 e. The summed E-state index contributed by atoms with van der Waals surface area (Å²) in [6, 6.07) is 31.7. The molecule has 0 radical (unpaired) electrons. The van der Waals surface area contributed by atoms with Crippen LogP contribution < -0.4 is 0 Å². The summed E-state index contributed by atoms with van der Waals surface area (Å²) in [5.41, 5.74) is 3.03. The number of benzene rings is 3. The molecule has 1 aliphatic carbocycles. The third kappa shape index (κ3) is 14.3. The number of methoxy groups -OCH3 is 1. The SMILES string of the molecule is C=CC[C@H](COC(c1ccccc1)(c1ccccc1)c1ccccc1)C(=O)C[C@H](O)[C@@H](C)[C@H](O[Si](C)(C)C(C)(C)C)/C(C)=C/[C@@H]1CC[C@@H](OCOCC[Si](C)(C)C)[C@H](OC)C1. The van der Waals surface area contributed by atoms with Crippen molar-refractivity contribution in [2.24, 2.45) is 17.8 Å². The van der Waals surface area contributed by atoms with Crippen LogP contribution in [0.15, 0.2) is 115 Å². The van der Waals surface area contributed by atoms with Crippen molar-refractivity contribution in [1.29, 1.82) is 0 Å². The van der Waals surface area contributed by atoms with Gasteiger partial charge in [0.05, 0.1) is 31.0 Å². The van der Waals surface area contributed by atoms with Crippen molar-refractivity contribution in [3.05, 3.63) is 132 Å². The average Bonchev–Trinajstić information content (AvgIpc) is 3.22. The second-order valence-electron chi connectivity index (χ2n) is 20.0. The molecule has 1 N–H and O–H groups in total. The molecule has 0 saturated heterocycles. The van der Waals surface area contributed by atoms with Crippen LogP contribution in [-0.2, 0) is 33.8 Å². The van der Waals surface area contributed by atoms with Crippen LogP contribution in [-0.4, -0.2) is 78.8 Å². The molecule has 0 aromatic heterocycles. The van der Waals surface area contributed by atoms with Crippen LogP contribution >= 0.6 is 0 Å². The van der Waals surface area contributed by atoms with Crippen molar-refractivity contribution in [2.45, 2.75) is 141 Å². The molecule has 3 aromatic carbocycles. The first-order valence-electron chi connectivity index (χ1n) is 22.5. The van der Waals surface area contributed by atoms with Crippen LogP contribution in [0.2, 0.25) is 43.8 Å². The highest BCUT2D eigenvalue weighted by atomic mass is 28.4. The number of hydrogen-bond donors (Lipinski definition) is 1. The van der Waals surface area contributed by atoms with Crippen molar-refractivity contribution >= 4 is 22.2 Å². The number of carbonyl (C=O) groups is 1. The van der Waals surface area contributed by atoms with Crippen molar-refractivity contribution in [3.8, 4) is 0 Å². The molecule has 0 unspecified atom stereocenters. The minimum atomic E-state index is -2.30. The van der Waals surface area contributed by atoms with E-state index in [9.17, 15) is 9.90 Å². The maximum Gasteiger partial charge on any atom is 0.192 e. The lowest BCUT2D eigenvalue weighted by Gasteiger charge is -2.42. The minimum absolute atomic E-state index is 0.0152. The fraction of sp³-hybridized carbons (Fsp3) is 0.558. The van der Waals surface area contributed by atoms with Crippen molar-refractivity contribution in [2.75, 3.05) is 27.1 Å². The van der Waals surface area contributed by atoms with Crippen LogP contribution in [0.1, 0.15) is 83.4 Å². The first-order chi connectivity index (χ1) is 28.8. The first-order valence-corrected chi connectivity index (χ1v) is 29.1. The molecule has 1 aliphatic rings. The van der Waals surface area contributed by atoms with Gasteiger partial charge in [-0.2, -0.15) is 0 Å². The summed E-state index contributed by atoms with van der Waals surface area (Å²) in [7, 11) is -1.70. The van der Waals surface area contributed by atoms with Gasteiger partial charge in [0, 0.05) is 40.0 Å². The molecule has 1 saturated carbocycles. The summed E-state index contributed by atoms with van der Waals surface area (Å²) in [5.74, 6) is -0.647. The van der Waals surface area contributed by atoms with Gasteiger partial charge < -0.3 is 28.5 Å². The summed E-state index contributed by atoms with van der Waals surface area (Å²) in [6.07, 6.45) is 5.82. The number of Topliss-reactive ketones (excluding diaryl/α,β-unsaturated/α-hetero) is 1. The van der Waals surface area contributed by atoms with E-state index in [-0.39, 0.29) is 54.0 Å². The van der Waals surface area contributed by atoms with Gasteiger partial charge in [-0.05, 0) is 85.0 Å². The number of aliphatic hydroxyl groups excluding tert-OH is 1. The molecular weight excluding hydrogens is 793 g/mol. The van der Waals surface area contributed by atoms with E-state index in [4.69, 9.17) is 23.4 Å². The predicted octanol–water partition coefficient (Wildman–Crippen LogP) is 12.0. The van der Waals surface area contributed by atoms with Gasteiger partial charge in [0.2, 0.25) is 0 Å². The lowest BCUT2D eigenvalue weighted by atomic mass is 9.79. The van der Waals surface area contributed by atoms with E-state index in [1.54, 1.807) is 13.2 Å². The number of carbonyl (C=O) groups excluding carboxylic acids is 1. The molecule has 336 valence electrons. The zero-order chi connectivity index (χ0) is 44.8. The molecule has 0 amide bonds. The normalized spacial score (nSPS) is 20.1. The molecular formula is C52H78O7Si2. The molecule has 61 heavy (non-hydrogen) atoms. The van der Waals surface area contributed by atoms with Gasteiger partial charge in [-0.1, -0.05) is 150 Å². The fourth-order valence-corrected chi connectivity index (χ4v) is 10.3. The second kappa shape index (κ2) is 23.1. The summed E-state index contributed by atoms with van der Waals surface area (Å²) in [5, 5.41) is 12.0. The Kier molecular flexibility index (Phi) is 19.2. The van der Waals surface area contributed by atoms with E-state index >= 15 is 0 Å². The van der Waals surface area contributed by atoms with E-state index in [1.165, 1.54) is 0 Å². The monoisotopic (exact) mass is 871 g/mol. The van der Waals surface area contributed by atoms with E-state index < -0.39 is 34.0 Å². The molecule has 0 aliphatic heterocycles. The molecule has 3 aromatic rings. The summed E-state index contributed by atoms with van der Waals surface area (Å²) in [4.78, 5) is 14.4. The zero-order valence-corrected chi connectivity index (χ0v) is 41.3. The quantitative estimate of drug-likeness (QED) is 0.0316. The van der Waals surface area contributed by atoms with Crippen LogP contribution in [0, 0.1) is 17.8 Å². The molecule has 0 bridgehead atoms. The Bertz CT molecular complexity index is 1690. The standard InChI is InChI=1S/C52H78O7Si2/c1-13-23-42(37-58-52(43-24-17-14-18-25-43,44-26-19-15-20-27-44)45-28-21-16-22-29-45)47(54)36-46(53)40(3)50(59-61(11,12)51(4,5)6)39(2)34-41-30-31-48(49(35-41)55-7)57-38-56-32-33-60(8,9)10/h13-22,24-29,34,40-42,46,48-50,53H,1,23,30-33,35-38H2,2-12H3/b39-34+/t40-,41+,42-,46+,48-,49-,50-/m1/s1. The van der Waals surface area contributed by atoms with Crippen LogP contribution in [0.4, 0.5) is 0 Å². The van der Waals surface area contributed by atoms with Gasteiger partial charge in [-0.3, -0.25) is 4.79 Å². The highest BCUT2D eigenvalue weighted by Crippen LogP contribution is 2.42. The van der Waals surface area contributed by atoms with E-state index in [0.717, 1.165) is 54.2 Å². The number of allylic oxidation sites excluding steroid dienone is 2. The number of hydrogen-bond acceptors (Lipinski definition) is 7. The third-order valence-electron chi connectivity index (χ3n) is 13.1. The molecule has 1 fully saturated rings. The Morgan fingerprint density at radius 1 is 0.869 bits per heavy atom. The summed E-state index contributed by atoms with van der Waals surface area (Å²) < 4.78 is 32.3. The highest BCUT2D eigenvalue weighted by Gasteiger charge is 2.43. The summed E-state index contributed by atoms with van der Waals surface area (Å²) in [6.45, 7) is 27.6. The average molecular weight is 871 g/mol. The summed E-state index contributed by atoms with van der Waals surface area (Å²) >= 11 is 0. The lowest BCUT2D eigenvalue weighted by molar-refractivity contribution is -0.144. The molecule has 0 heterocycles. The molecule has 7 nitrogen and oxygen atoms in total. The second-order valence-corrected chi connectivity index (χ2v) is 30.4. The Balaban J connectivity index is 1.54. The Labute approximate surface area is 371 Å². The number of ether oxygens (including phenoxy) is 4. The Morgan fingerprint density at radius 3 is 1.89 bits per heavy atom. The smallest absolute Gasteiger partial charge is 0.192 e. The number of ketones is 1. The van der Waals surface area contributed by atoms with Crippen LogP contribution in [0.25, 0.3) is 0 Å². The third-order valence-corrected chi connectivity index (χ3v) is 19.2. The van der Waals surface area contributed by atoms with E-state index in [1.807, 2.05) is 61.5 Å². The van der Waals surface area contributed by atoms with E-state index in [0.29, 0.717) is 13.2 Å². The van der Waals surface area contributed by atoms with Gasteiger partial charge in [-0.15, -0.1) is 6.58 Å². The number of rotatable bonds is 24. The minimum Gasteiger partial charge on any atom is -0.410 e. The van der Waals surface area contributed by atoms with E-state index in [2.05, 4.69) is 109 Å². The van der Waals surface area contributed by atoms with Gasteiger partial charge in [0.15, 0.2) is 8.32 Å². The molecule has 0 spiro atoms. The Hall–Kier alpha value is -3.00. The van der Waals surface area contributed by atoms with Crippen LogP contribution in [0.5, 0.6) is 0 Å². The Morgan fingerprint density at radius 2 is 1.41 bits per heavy atom. The zero-order valence-electron chi connectivity index (χ0n) is 39.3. The lowest BCUT2D eigenvalue weighted by Crippen LogP contribution is -2.48. The van der Waals surface area contributed by atoms with Gasteiger partial charge in [0.1, 0.15) is 18.2 Å². The predicted molar refractivity (Wildman–Crippen MR) is 256 cm³/mol. The molecule has 4 rings (SSSR count). The van der Waals surface area contributed by atoms with Gasteiger partial charge >= 0.3 is 0 Å². The van der Waals surface area contributed by atoms with Crippen molar-refractivity contribution in [1.82, 2.24) is 0 Å². The topological polar surface area (TPSA) is 83.5 Å². The molecule has 7 atom stereocenters. The van der Waals surface area contributed by atoms with Gasteiger partial charge in [0.25, 0.3) is 0 Å². The highest BCUT2D eigenvalue weighted by molar-refractivity contribution is 6.76. The maximum absolute atomic E-state index is 14.4. The first kappa shape index (κ1) is 50.6. The fourth-order valence-electron chi connectivity index (χ4n) is 8.12.